The van der Waals surface area contributed by atoms with Gasteiger partial charge in [-0.2, -0.15) is 12.1 Å². The molecule has 164 valence electrons. The smallest absolute Gasteiger partial charge is 1.00 e. The van der Waals surface area contributed by atoms with Crippen LogP contribution >= 0.6 is 0 Å². The van der Waals surface area contributed by atoms with Crippen LogP contribution in [0.4, 0.5) is 0 Å². The van der Waals surface area contributed by atoms with Crippen LogP contribution in [0.15, 0.2) is 60.7 Å². The number of fused-ring (bicyclic) bond motifs is 2. The van der Waals surface area contributed by atoms with Crippen molar-refractivity contribution in [2.75, 3.05) is 0 Å². The fraction of sp³-hybridized carbons (Fsp3) is 0.357. The maximum Gasteiger partial charge on any atom is 4.00 e. The molecule has 3 heteroatoms. The SMILES string of the molecule is Cc1cc2c(C(C)(C)C)cccc2[cH-]1.Cc1cc2c(C(C)(C)C)cccc2[cH-]1.[Cl-].[Cl-].[Zr+4]. The minimum Gasteiger partial charge on any atom is -1.00 e. The maximum absolute atomic E-state index is 2.29. The van der Waals surface area contributed by atoms with E-state index in [1.165, 1.54) is 43.8 Å². The second kappa shape index (κ2) is 11.3. The minimum absolute atomic E-state index is 0. The molecular weight excluding hydrogens is 498 g/mol. The molecule has 0 nitrogen and oxygen atoms in total. The van der Waals surface area contributed by atoms with E-state index >= 15 is 0 Å². The van der Waals surface area contributed by atoms with E-state index in [-0.39, 0.29) is 61.8 Å². The third-order valence-corrected chi connectivity index (χ3v) is 5.41. The van der Waals surface area contributed by atoms with Gasteiger partial charge in [0.15, 0.2) is 0 Å². The zero-order valence-corrected chi connectivity index (χ0v) is 24.0. The van der Waals surface area contributed by atoms with Gasteiger partial charge in [0.25, 0.3) is 0 Å². The van der Waals surface area contributed by atoms with Crippen LogP contribution in [-0.4, -0.2) is 0 Å². The summed E-state index contributed by atoms with van der Waals surface area (Å²) in [6.45, 7) is 17.9. The number of benzene rings is 2. The third kappa shape index (κ3) is 7.05. The Morgan fingerprint density at radius 3 is 1.19 bits per heavy atom. The summed E-state index contributed by atoms with van der Waals surface area (Å²) in [5, 5.41) is 5.57. The molecule has 0 aliphatic rings. The molecule has 0 amide bonds. The van der Waals surface area contributed by atoms with Gasteiger partial charge in [-0.3, -0.25) is 0 Å². The van der Waals surface area contributed by atoms with Gasteiger partial charge in [0, 0.05) is 0 Å². The average Bonchev–Trinajstić information content (AvgIpc) is 3.12. The molecule has 0 unspecified atom stereocenters. The van der Waals surface area contributed by atoms with Gasteiger partial charge in [-0.1, -0.05) is 78.6 Å². The molecule has 0 N–H and O–H groups in total. The molecule has 0 spiro atoms. The van der Waals surface area contributed by atoms with E-state index < -0.39 is 0 Å². The van der Waals surface area contributed by atoms with Gasteiger partial charge >= 0.3 is 26.2 Å². The molecule has 0 radical (unpaired) electrons. The first-order chi connectivity index (χ1) is 13.0. The zero-order valence-electron chi connectivity index (χ0n) is 20.0. The second-order valence-corrected chi connectivity index (χ2v) is 10.2. The van der Waals surface area contributed by atoms with Crippen molar-refractivity contribution in [1.82, 2.24) is 0 Å². The van der Waals surface area contributed by atoms with E-state index in [2.05, 4.69) is 116 Å². The van der Waals surface area contributed by atoms with E-state index in [9.17, 15) is 0 Å². The molecule has 4 aromatic rings. The van der Waals surface area contributed by atoms with Crippen molar-refractivity contribution in [2.45, 2.75) is 66.2 Å². The molecule has 4 rings (SSSR count). The van der Waals surface area contributed by atoms with Gasteiger partial charge in [0.05, 0.1) is 0 Å². The molecule has 0 saturated heterocycles. The Morgan fingerprint density at radius 2 is 0.903 bits per heavy atom. The molecule has 4 aromatic carbocycles. The summed E-state index contributed by atoms with van der Waals surface area (Å²) in [5.74, 6) is 0. The van der Waals surface area contributed by atoms with Gasteiger partial charge in [0.1, 0.15) is 0 Å². The van der Waals surface area contributed by atoms with Crippen molar-refractivity contribution in [3.8, 4) is 0 Å². The van der Waals surface area contributed by atoms with Crippen LogP contribution in [0.25, 0.3) is 21.5 Å². The summed E-state index contributed by atoms with van der Waals surface area (Å²) in [4.78, 5) is 0. The normalized spacial score (nSPS) is 11.1. The fourth-order valence-corrected chi connectivity index (χ4v) is 4.08. The maximum atomic E-state index is 2.29. The molecule has 0 aliphatic heterocycles. The topological polar surface area (TPSA) is 0 Å². The van der Waals surface area contributed by atoms with Crippen molar-refractivity contribution in [3.05, 3.63) is 82.9 Å². The van der Waals surface area contributed by atoms with Gasteiger partial charge in [0.2, 0.25) is 0 Å². The minimum atomic E-state index is 0. The van der Waals surface area contributed by atoms with Crippen LogP contribution in [0.3, 0.4) is 0 Å². The van der Waals surface area contributed by atoms with Crippen LogP contribution in [0, 0.1) is 13.8 Å². The van der Waals surface area contributed by atoms with E-state index in [1.807, 2.05) is 0 Å². The van der Waals surface area contributed by atoms with E-state index in [0.717, 1.165) is 0 Å². The second-order valence-electron chi connectivity index (χ2n) is 10.2. The predicted octanol–water partition coefficient (Wildman–Crippen LogP) is 2.33. The van der Waals surface area contributed by atoms with Crippen molar-refractivity contribution in [2.24, 2.45) is 0 Å². The molecule has 31 heavy (non-hydrogen) atoms. The first-order valence-electron chi connectivity index (χ1n) is 10.3. The Balaban J connectivity index is 0.000000529. The third-order valence-electron chi connectivity index (χ3n) is 5.41. The van der Waals surface area contributed by atoms with Crippen molar-refractivity contribution in [1.29, 1.82) is 0 Å². The molecular formula is C28H34Cl2Zr. The van der Waals surface area contributed by atoms with Crippen LogP contribution < -0.4 is 24.8 Å². The molecule has 0 fully saturated rings. The van der Waals surface area contributed by atoms with Crippen LogP contribution in [-0.2, 0) is 37.0 Å². The van der Waals surface area contributed by atoms with Gasteiger partial charge in [-0.15, -0.1) is 69.1 Å². The quantitative estimate of drug-likeness (QED) is 0.305. The zero-order chi connectivity index (χ0) is 20.7. The number of halogens is 2. The van der Waals surface area contributed by atoms with E-state index in [0.29, 0.717) is 0 Å². The monoisotopic (exact) mass is 530 g/mol. The van der Waals surface area contributed by atoms with Crippen molar-refractivity contribution < 1.29 is 51.0 Å². The number of rotatable bonds is 0. The standard InChI is InChI=1S/2C14H17.2ClH.Zr/c2*1-10-8-11-6-5-7-13(12(11)9-10)14(2,3)4;;;/h2*5-9H,1-4H3;2*1H;/q2*-1;;;+4/p-2. The first-order valence-corrected chi connectivity index (χ1v) is 10.3. The van der Waals surface area contributed by atoms with E-state index in [4.69, 9.17) is 0 Å². The van der Waals surface area contributed by atoms with Crippen LogP contribution in [0.2, 0.25) is 0 Å². The van der Waals surface area contributed by atoms with Crippen molar-refractivity contribution >= 4 is 21.5 Å². The Bertz CT molecular complexity index is 1010. The molecule has 0 atom stereocenters. The summed E-state index contributed by atoms with van der Waals surface area (Å²) < 4.78 is 0. The molecule has 0 bridgehead atoms. The molecule has 0 saturated carbocycles. The first kappa shape index (κ1) is 30.1. The van der Waals surface area contributed by atoms with Crippen molar-refractivity contribution in [3.63, 3.8) is 0 Å². The Morgan fingerprint density at radius 1 is 0.581 bits per heavy atom. The van der Waals surface area contributed by atoms with E-state index in [1.54, 1.807) is 0 Å². The Kier molecular flexibility index (Phi) is 11.0. The molecule has 0 aliphatic carbocycles. The fourth-order valence-electron chi connectivity index (χ4n) is 4.08. The molecule has 0 aromatic heterocycles. The summed E-state index contributed by atoms with van der Waals surface area (Å²) in [7, 11) is 0. The van der Waals surface area contributed by atoms with Gasteiger partial charge in [-0.05, 0) is 10.8 Å². The largest absolute Gasteiger partial charge is 4.00 e. The molecule has 0 heterocycles. The summed E-state index contributed by atoms with van der Waals surface area (Å²) in [5.41, 5.74) is 6.08. The Hall–Kier alpha value is -0.877. The Labute approximate surface area is 220 Å². The van der Waals surface area contributed by atoms with Gasteiger partial charge < -0.3 is 24.8 Å². The predicted molar refractivity (Wildman–Crippen MR) is 126 cm³/mol. The number of hydrogen-bond acceptors (Lipinski definition) is 0. The van der Waals surface area contributed by atoms with Crippen LogP contribution in [0.1, 0.15) is 63.8 Å². The number of hydrogen-bond donors (Lipinski definition) is 0. The summed E-state index contributed by atoms with van der Waals surface area (Å²) in [6.07, 6.45) is 0. The summed E-state index contributed by atoms with van der Waals surface area (Å²) in [6, 6.07) is 22.3. The van der Waals surface area contributed by atoms with Gasteiger partial charge in [-0.25, -0.2) is 0 Å². The summed E-state index contributed by atoms with van der Waals surface area (Å²) >= 11 is 0. The average molecular weight is 533 g/mol. The van der Waals surface area contributed by atoms with Crippen LogP contribution in [0.5, 0.6) is 0 Å². The number of aryl methyl sites for hydroxylation is 2.